The highest BCUT2D eigenvalue weighted by Crippen LogP contribution is 2.17. The summed E-state index contributed by atoms with van der Waals surface area (Å²) in [6, 6.07) is -0.744. The largest absolute Gasteiger partial charge is 0.480 e. The van der Waals surface area contributed by atoms with Gasteiger partial charge in [-0.15, -0.1) is 0 Å². The van der Waals surface area contributed by atoms with E-state index < -0.39 is 12.0 Å². The number of ether oxygens (including phenoxy) is 1. The Labute approximate surface area is 81.8 Å². The summed E-state index contributed by atoms with van der Waals surface area (Å²) >= 11 is 1.56. The molecule has 1 rings (SSSR count). The monoisotopic (exact) mass is 205 g/mol. The Morgan fingerprint density at radius 3 is 3.08 bits per heavy atom. The van der Waals surface area contributed by atoms with Crippen LogP contribution < -0.4 is 5.73 Å². The van der Waals surface area contributed by atoms with Crippen LogP contribution in [0.2, 0.25) is 0 Å². The van der Waals surface area contributed by atoms with Crippen LogP contribution in [-0.4, -0.2) is 41.3 Å². The van der Waals surface area contributed by atoms with Gasteiger partial charge in [-0.25, -0.2) is 0 Å². The fourth-order valence-corrected chi connectivity index (χ4v) is 2.23. The van der Waals surface area contributed by atoms with Crippen molar-refractivity contribution in [3.05, 3.63) is 0 Å². The minimum absolute atomic E-state index is 0.311. The van der Waals surface area contributed by atoms with Crippen molar-refractivity contribution in [2.75, 3.05) is 18.1 Å². The van der Waals surface area contributed by atoms with Crippen molar-refractivity contribution in [1.82, 2.24) is 0 Å². The van der Waals surface area contributed by atoms with E-state index in [2.05, 4.69) is 0 Å². The van der Waals surface area contributed by atoms with Gasteiger partial charge in [0.25, 0.3) is 0 Å². The number of nitrogens with two attached hydrogens (primary N) is 1. The molecule has 1 aliphatic heterocycles. The third kappa shape index (κ3) is 3.97. The minimum atomic E-state index is -0.931. The maximum absolute atomic E-state index is 10.4. The number of hydrogen-bond donors (Lipinski definition) is 2. The first kappa shape index (κ1) is 10.8. The van der Waals surface area contributed by atoms with Gasteiger partial charge in [-0.05, 0) is 12.8 Å². The smallest absolute Gasteiger partial charge is 0.321 e. The molecule has 0 amide bonds. The molecule has 4 nitrogen and oxygen atoms in total. The van der Waals surface area contributed by atoms with E-state index in [1.165, 1.54) is 0 Å². The Hall–Kier alpha value is -0.260. The van der Waals surface area contributed by atoms with E-state index in [0.29, 0.717) is 11.9 Å². The average molecular weight is 205 g/mol. The third-order valence-corrected chi connectivity index (χ3v) is 3.14. The van der Waals surface area contributed by atoms with Crippen LogP contribution in [0.5, 0.6) is 0 Å². The van der Waals surface area contributed by atoms with Gasteiger partial charge in [0, 0.05) is 18.1 Å². The van der Waals surface area contributed by atoms with Crippen LogP contribution in [0.1, 0.15) is 12.8 Å². The Balaban J connectivity index is 2.02. The molecule has 0 aromatic carbocycles. The summed E-state index contributed by atoms with van der Waals surface area (Å²) in [5.41, 5.74) is 5.34. The molecule has 1 fully saturated rings. The van der Waals surface area contributed by atoms with E-state index in [0.717, 1.165) is 25.2 Å². The highest BCUT2D eigenvalue weighted by molar-refractivity contribution is 7.99. The number of carboxylic acid groups (broad SMARTS) is 1. The van der Waals surface area contributed by atoms with Crippen molar-refractivity contribution in [3.8, 4) is 0 Å². The third-order valence-electron chi connectivity index (χ3n) is 1.94. The molecule has 0 bridgehead atoms. The van der Waals surface area contributed by atoms with Crippen LogP contribution >= 0.6 is 11.8 Å². The van der Waals surface area contributed by atoms with Crippen LogP contribution in [0.3, 0.4) is 0 Å². The van der Waals surface area contributed by atoms with Gasteiger partial charge in [0.2, 0.25) is 0 Å². The van der Waals surface area contributed by atoms with Crippen molar-refractivity contribution in [2.45, 2.75) is 25.0 Å². The lowest BCUT2D eigenvalue weighted by atomic mass is 10.3. The second-order valence-electron chi connectivity index (χ2n) is 3.12. The SMILES string of the molecule is N[C@@H](CSCC1CCCO1)C(=O)O. The van der Waals surface area contributed by atoms with Crippen molar-refractivity contribution >= 4 is 17.7 Å². The quantitative estimate of drug-likeness (QED) is 0.676. The zero-order valence-corrected chi connectivity index (χ0v) is 8.26. The Kier molecular flexibility index (Phi) is 4.55. The van der Waals surface area contributed by atoms with Crippen LogP contribution in [0.4, 0.5) is 0 Å². The van der Waals surface area contributed by atoms with Gasteiger partial charge in [-0.3, -0.25) is 4.79 Å². The van der Waals surface area contributed by atoms with E-state index in [4.69, 9.17) is 15.6 Å². The fraction of sp³-hybridized carbons (Fsp3) is 0.875. The lowest BCUT2D eigenvalue weighted by Crippen LogP contribution is -2.32. The van der Waals surface area contributed by atoms with Crippen molar-refractivity contribution in [3.63, 3.8) is 0 Å². The second-order valence-corrected chi connectivity index (χ2v) is 4.19. The minimum Gasteiger partial charge on any atom is -0.480 e. The topological polar surface area (TPSA) is 72.5 Å². The first-order chi connectivity index (χ1) is 6.20. The highest BCUT2D eigenvalue weighted by atomic mass is 32.2. The lowest BCUT2D eigenvalue weighted by Gasteiger charge is -2.10. The van der Waals surface area contributed by atoms with Crippen LogP contribution in [0.15, 0.2) is 0 Å². The van der Waals surface area contributed by atoms with E-state index in [-0.39, 0.29) is 0 Å². The van der Waals surface area contributed by atoms with Crippen molar-refractivity contribution in [1.29, 1.82) is 0 Å². The molecule has 1 saturated heterocycles. The molecule has 0 saturated carbocycles. The maximum atomic E-state index is 10.4. The summed E-state index contributed by atoms with van der Waals surface area (Å²) < 4.78 is 5.39. The molecule has 0 radical (unpaired) electrons. The fourth-order valence-electron chi connectivity index (χ4n) is 1.17. The number of hydrogen-bond acceptors (Lipinski definition) is 4. The Morgan fingerprint density at radius 1 is 1.77 bits per heavy atom. The molecule has 2 atom stereocenters. The molecule has 0 aromatic rings. The lowest BCUT2D eigenvalue weighted by molar-refractivity contribution is -0.137. The number of carbonyl (C=O) groups is 1. The molecule has 76 valence electrons. The van der Waals surface area contributed by atoms with Gasteiger partial charge in [0.15, 0.2) is 0 Å². The predicted octanol–water partition coefficient (Wildman–Crippen LogP) is 0.311. The molecule has 3 N–H and O–H groups in total. The van der Waals surface area contributed by atoms with Gasteiger partial charge < -0.3 is 15.6 Å². The molecule has 0 aromatic heterocycles. The van der Waals surface area contributed by atoms with E-state index in [1.807, 2.05) is 0 Å². The van der Waals surface area contributed by atoms with Crippen LogP contribution in [-0.2, 0) is 9.53 Å². The summed E-state index contributed by atoms with van der Waals surface area (Å²) in [5, 5.41) is 8.50. The molecule has 13 heavy (non-hydrogen) atoms. The summed E-state index contributed by atoms with van der Waals surface area (Å²) in [6.45, 7) is 0.843. The van der Waals surface area contributed by atoms with E-state index in [9.17, 15) is 4.79 Å². The Morgan fingerprint density at radius 2 is 2.54 bits per heavy atom. The Bertz CT molecular complexity index is 171. The number of carboxylic acids is 1. The summed E-state index contributed by atoms with van der Waals surface area (Å²) in [5.74, 6) is 0.399. The molecular formula is C8H15NO3S. The maximum Gasteiger partial charge on any atom is 0.321 e. The second kappa shape index (κ2) is 5.47. The number of rotatable bonds is 5. The number of thioether (sulfide) groups is 1. The highest BCUT2D eigenvalue weighted by Gasteiger charge is 2.17. The summed E-state index contributed by atoms with van der Waals surface area (Å²) in [7, 11) is 0. The molecule has 1 unspecified atom stereocenters. The summed E-state index contributed by atoms with van der Waals surface area (Å²) in [4.78, 5) is 10.4. The van der Waals surface area contributed by atoms with E-state index in [1.54, 1.807) is 11.8 Å². The number of aliphatic carboxylic acids is 1. The predicted molar refractivity (Wildman–Crippen MR) is 51.9 cm³/mol. The van der Waals surface area contributed by atoms with Crippen LogP contribution in [0, 0.1) is 0 Å². The van der Waals surface area contributed by atoms with Gasteiger partial charge in [0.05, 0.1) is 6.10 Å². The van der Waals surface area contributed by atoms with E-state index >= 15 is 0 Å². The molecule has 5 heteroatoms. The molecule has 1 heterocycles. The summed E-state index contributed by atoms with van der Waals surface area (Å²) in [6.07, 6.45) is 2.52. The molecule has 1 aliphatic rings. The van der Waals surface area contributed by atoms with Crippen LogP contribution in [0.25, 0.3) is 0 Å². The zero-order chi connectivity index (χ0) is 9.68. The first-order valence-corrected chi connectivity index (χ1v) is 5.53. The first-order valence-electron chi connectivity index (χ1n) is 4.38. The standard InChI is InChI=1S/C8H15NO3S/c9-7(8(10)11)5-13-4-6-2-1-3-12-6/h6-7H,1-5,9H2,(H,10,11)/t6?,7-/m0/s1. The van der Waals surface area contributed by atoms with Crippen molar-refractivity contribution < 1.29 is 14.6 Å². The molecule has 0 aliphatic carbocycles. The van der Waals surface area contributed by atoms with Gasteiger partial charge in [-0.1, -0.05) is 0 Å². The van der Waals surface area contributed by atoms with Crippen molar-refractivity contribution in [2.24, 2.45) is 5.73 Å². The molecule has 0 spiro atoms. The average Bonchev–Trinajstić information content (AvgIpc) is 2.56. The zero-order valence-electron chi connectivity index (χ0n) is 7.44. The molecular weight excluding hydrogens is 190 g/mol. The van der Waals surface area contributed by atoms with Gasteiger partial charge >= 0.3 is 5.97 Å². The van der Waals surface area contributed by atoms with Gasteiger partial charge in [0.1, 0.15) is 6.04 Å². The normalized spacial score (nSPS) is 24.5. The van der Waals surface area contributed by atoms with Gasteiger partial charge in [-0.2, -0.15) is 11.8 Å².